The van der Waals surface area contributed by atoms with Gasteiger partial charge in [0.05, 0.1) is 49.4 Å². The molecule has 0 unspecified atom stereocenters. The minimum atomic E-state index is -0.729. The summed E-state index contributed by atoms with van der Waals surface area (Å²) in [5.74, 6) is 0.873. The highest BCUT2D eigenvalue weighted by Gasteiger charge is 2.29. The summed E-state index contributed by atoms with van der Waals surface area (Å²) in [7, 11) is 0. The molecule has 10 rings (SSSR count). The Balaban J connectivity index is 0.000000156. The third-order valence-corrected chi connectivity index (χ3v) is 11.0. The zero-order chi connectivity index (χ0) is 41.9. The predicted octanol–water partition coefficient (Wildman–Crippen LogP) is 7.38. The number of carbonyl (C=O) groups excluding carboxylic acids is 1. The highest BCUT2D eigenvalue weighted by molar-refractivity contribution is 9.10. The molecule has 2 aliphatic heterocycles. The number of nitrogens with zero attached hydrogens (tertiary/aromatic N) is 9. The molecular weight excluding hydrogens is 834 g/mol. The van der Waals surface area contributed by atoms with Gasteiger partial charge in [0.15, 0.2) is 5.78 Å². The van der Waals surface area contributed by atoms with Gasteiger partial charge in [0.1, 0.15) is 6.33 Å². The lowest BCUT2D eigenvalue weighted by atomic mass is 10.1. The third kappa shape index (κ3) is 8.14. The summed E-state index contributed by atoms with van der Waals surface area (Å²) < 4.78 is 4.07. The van der Waals surface area contributed by atoms with E-state index in [9.17, 15) is 19.5 Å². The Bertz CT molecular complexity index is 3000. The first kappa shape index (κ1) is 39.1. The lowest BCUT2D eigenvalue weighted by Gasteiger charge is -2.34. The lowest BCUT2D eigenvalue weighted by Crippen LogP contribution is -2.37. The molecule has 1 N–H and O–H groups in total. The van der Waals surface area contributed by atoms with Crippen LogP contribution in [0.3, 0.4) is 0 Å². The van der Waals surface area contributed by atoms with Gasteiger partial charge in [0, 0.05) is 57.7 Å². The number of benzene rings is 4. The molecule has 61 heavy (non-hydrogen) atoms. The van der Waals surface area contributed by atoms with Crippen LogP contribution in [0.25, 0.3) is 22.6 Å². The van der Waals surface area contributed by atoms with Crippen LogP contribution in [-0.4, -0.2) is 58.0 Å². The van der Waals surface area contributed by atoms with Gasteiger partial charge in [-0.3, -0.25) is 28.5 Å². The van der Waals surface area contributed by atoms with E-state index < -0.39 is 6.10 Å². The van der Waals surface area contributed by atoms with E-state index in [-0.39, 0.29) is 30.0 Å². The van der Waals surface area contributed by atoms with Gasteiger partial charge < -0.3 is 14.9 Å². The van der Waals surface area contributed by atoms with Crippen molar-refractivity contribution in [3.8, 4) is 22.6 Å². The number of carbonyl (C=O) groups is 1. The first-order chi connectivity index (χ1) is 29.8. The topological polar surface area (TPSA) is 152 Å². The molecule has 0 saturated carbocycles. The molecule has 4 aromatic carbocycles. The van der Waals surface area contributed by atoms with Gasteiger partial charge in [-0.25, -0.2) is 19.9 Å². The maximum atomic E-state index is 13.1. The van der Waals surface area contributed by atoms with Crippen molar-refractivity contribution < 1.29 is 9.90 Å². The fraction of sp³-hybridized carbons (Fsp3) is 0.106. The molecule has 13 nitrogen and oxygen atoms in total. The van der Waals surface area contributed by atoms with Crippen LogP contribution >= 0.6 is 15.9 Å². The first-order valence-electron chi connectivity index (χ1n) is 19.4. The van der Waals surface area contributed by atoms with Crippen molar-refractivity contribution in [3.05, 3.63) is 206 Å². The summed E-state index contributed by atoms with van der Waals surface area (Å²) in [6.45, 7) is 1.18. The maximum Gasteiger partial charge on any atom is 0.255 e. The summed E-state index contributed by atoms with van der Waals surface area (Å²) in [5, 5.41) is 10.9. The van der Waals surface area contributed by atoms with E-state index in [1.165, 1.54) is 12.4 Å². The van der Waals surface area contributed by atoms with E-state index in [2.05, 4.69) is 30.9 Å². The molecule has 300 valence electrons. The molecule has 2 aliphatic rings. The summed E-state index contributed by atoms with van der Waals surface area (Å²) in [6, 6.07) is 40.8. The Labute approximate surface area is 358 Å². The summed E-state index contributed by atoms with van der Waals surface area (Å²) in [4.78, 5) is 64.6. The van der Waals surface area contributed by atoms with Crippen molar-refractivity contribution in [3.63, 3.8) is 0 Å². The largest absolute Gasteiger partial charge is 0.387 e. The number of pyridine rings is 1. The average Bonchev–Trinajstić information content (AvgIpc) is 3.30. The number of hydrogen-bond acceptors (Lipinski definition) is 11. The molecule has 0 amide bonds. The monoisotopic (exact) mass is 869 g/mol. The van der Waals surface area contributed by atoms with Crippen LogP contribution in [0, 0.1) is 0 Å². The van der Waals surface area contributed by atoms with Crippen molar-refractivity contribution >= 4 is 45.0 Å². The van der Waals surface area contributed by atoms with Crippen molar-refractivity contribution in [1.82, 2.24) is 34.1 Å². The normalized spacial score (nSPS) is 12.8. The number of aliphatic hydroxyl groups excluding tert-OH is 1. The van der Waals surface area contributed by atoms with E-state index in [0.29, 0.717) is 47.6 Å². The molecular formula is C47H36BrN9O4. The van der Waals surface area contributed by atoms with E-state index >= 15 is 0 Å². The minimum absolute atomic E-state index is 0.0487. The van der Waals surface area contributed by atoms with Crippen LogP contribution in [0.15, 0.2) is 172 Å². The number of hydrogen-bond donors (Lipinski definition) is 1. The third-order valence-electron chi connectivity index (χ3n) is 10.5. The highest BCUT2D eigenvalue weighted by atomic mass is 79.9. The summed E-state index contributed by atoms with van der Waals surface area (Å²) in [5.41, 5.74) is 7.27. The highest BCUT2D eigenvalue weighted by Crippen LogP contribution is 2.36. The number of ketones is 1. The number of rotatable bonds is 8. The Morgan fingerprint density at radius 2 is 1.25 bits per heavy atom. The minimum Gasteiger partial charge on any atom is -0.387 e. The summed E-state index contributed by atoms with van der Waals surface area (Å²) >= 11 is 3.42. The second-order valence-corrected chi connectivity index (χ2v) is 15.3. The van der Waals surface area contributed by atoms with Crippen LogP contribution in [0.5, 0.6) is 0 Å². The molecule has 0 fully saturated rings. The fourth-order valence-electron chi connectivity index (χ4n) is 7.50. The smallest absolute Gasteiger partial charge is 0.255 e. The fourth-order valence-corrected chi connectivity index (χ4v) is 7.90. The summed E-state index contributed by atoms with van der Waals surface area (Å²) in [6.07, 6.45) is 5.65. The maximum absolute atomic E-state index is 13.1. The van der Waals surface area contributed by atoms with Crippen molar-refractivity contribution in [1.29, 1.82) is 0 Å². The van der Waals surface area contributed by atoms with Crippen LogP contribution in [0.1, 0.15) is 33.2 Å². The number of β-amino-alcohol motifs (C(OH)–C–C–N with tert-alkyl or cyclic N) is 1. The van der Waals surface area contributed by atoms with Gasteiger partial charge in [-0.05, 0) is 59.2 Å². The zero-order valence-electron chi connectivity index (χ0n) is 32.5. The Kier molecular flexibility index (Phi) is 10.9. The first-order valence-corrected chi connectivity index (χ1v) is 20.2. The predicted molar refractivity (Wildman–Crippen MR) is 236 cm³/mol. The Morgan fingerprint density at radius 3 is 1.92 bits per heavy atom. The molecule has 0 radical (unpaired) electrons. The standard InChI is InChI=1S/C24H20N4O2.C23H16BrN5O2/c29-22(18-6-2-1-3-7-18)16-27-21-9-5-4-8-19(21)15-28-23(30)14-20(26-24(27)28)17-10-12-25-13-11-17;24-17-6-3-5-15(10-17)21(30)13-28-20-7-2-1-4-16(20)12-29-22(31)11-19(27-23(28)29)18-8-9-25-14-26-18/h1-14,22,29H,15-16H2;1-11,14H,12-13H2/t22-;/m1./s1. The molecule has 0 saturated heterocycles. The van der Waals surface area contributed by atoms with Crippen LogP contribution in [-0.2, 0) is 13.1 Å². The Hall–Kier alpha value is -7.42. The molecule has 6 heterocycles. The molecule has 0 bridgehead atoms. The number of aliphatic hydroxyl groups is 1. The number of aromatic nitrogens is 7. The molecule has 0 spiro atoms. The quantitative estimate of drug-likeness (QED) is 0.152. The van der Waals surface area contributed by atoms with Gasteiger partial charge in [-0.2, -0.15) is 0 Å². The average molecular weight is 871 g/mol. The van der Waals surface area contributed by atoms with Gasteiger partial charge in [0.25, 0.3) is 11.1 Å². The van der Waals surface area contributed by atoms with Crippen LogP contribution < -0.4 is 20.9 Å². The second kappa shape index (κ2) is 17.0. The number of fused-ring (bicyclic) bond motifs is 4. The number of Topliss-reactive ketones (excluding diaryl/α,β-unsaturated/α-hetero) is 1. The molecule has 4 aromatic heterocycles. The zero-order valence-corrected chi connectivity index (χ0v) is 34.1. The Morgan fingerprint density at radius 1 is 0.639 bits per heavy atom. The van der Waals surface area contributed by atoms with Gasteiger partial charge >= 0.3 is 0 Å². The second-order valence-electron chi connectivity index (χ2n) is 14.4. The van der Waals surface area contributed by atoms with Gasteiger partial charge in [0.2, 0.25) is 11.9 Å². The lowest BCUT2D eigenvalue weighted by molar-refractivity contribution is 0.100. The van der Waals surface area contributed by atoms with Gasteiger partial charge in [-0.15, -0.1) is 0 Å². The van der Waals surface area contributed by atoms with Crippen LogP contribution in [0.4, 0.5) is 23.3 Å². The number of halogens is 1. The molecule has 1 atom stereocenters. The molecule has 8 aromatic rings. The van der Waals surface area contributed by atoms with E-state index in [1.54, 1.807) is 56.9 Å². The van der Waals surface area contributed by atoms with E-state index in [0.717, 1.165) is 38.1 Å². The number of para-hydroxylation sites is 2. The number of anilines is 4. The van der Waals surface area contributed by atoms with Crippen molar-refractivity contribution in [2.45, 2.75) is 19.2 Å². The van der Waals surface area contributed by atoms with Crippen molar-refractivity contribution in [2.24, 2.45) is 0 Å². The SMILES string of the molecule is O=C(CN1c2ccccc2Cn2c1nc(-c1ccncn1)cc2=O)c1cccc(Br)c1.O=c1cc(-c2ccncc2)nc2n1Cc1ccccc1N2C[C@@H](O)c1ccccc1. The van der Waals surface area contributed by atoms with Crippen LogP contribution in [0.2, 0.25) is 0 Å². The molecule has 0 aliphatic carbocycles. The molecule has 14 heteroatoms. The van der Waals surface area contributed by atoms with Gasteiger partial charge in [-0.1, -0.05) is 94.8 Å². The van der Waals surface area contributed by atoms with E-state index in [4.69, 9.17) is 9.97 Å². The van der Waals surface area contributed by atoms with E-state index in [1.807, 2.05) is 108 Å². The van der Waals surface area contributed by atoms with Crippen molar-refractivity contribution in [2.75, 3.05) is 22.9 Å².